The number of rotatable bonds is 5. The lowest BCUT2D eigenvalue weighted by Crippen LogP contribution is -2.35. The molecule has 4 nitrogen and oxygen atoms in total. The van der Waals surface area contributed by atoms with E-state index in [1.165, 1.54) is 0 Å². The molecule has 0 saturated carbocycles. The van der Waals surface area contributed by atoms with E-state index < -0.39 is 9.84 Å². The zero-order chi connectivity index (χ0) is 13.7. The van der Waals surface area contributed by atoms with Crippen LogP contribution in [0.25, 0.3) is 0 Å². The first-order valence-electron chi connectivity index (χ1n) is 6.65. The fraction of sp³-hybridized carbons (Fsp3) is 0.571. The highest BCUT2D eigenvalue weighted by Gasteiger charge is 2.30. The average Bonchev–Trinajstić information content (AvgIpc) is 2.47. The second-order valence-corrected chi connectivity index (χ2v) is 7.22. The van der Waals surface area contributed by atoms with E-state index in [2.05, 4.69) is 5.32 Å². The summed E-state index contributed by atoms with van der Waals surface area (Å²) in [7, 11) is -1.28. The number of hydrogen-bond acceptors (Lipinski definition) is 4. The Balaban J connectivity index is 2.09. The summed E-state index contributed by atoms with van der Waals surface area (Å²) in [5, 5.41) is 2.85. The molecule has 1 fully saturated rings. The highest BCUT2D eigenvalue weighted by Crippen LogP contribution is 2.22. The van der Waals surface area contributed by atoms with Gasteiger partial charge < -0.3 is 10.1 Å². The molecule has 0 aliphatic carbocycles. The molecule has 0 aromatic heterocycles. The molecule has 0 bridgehead atoms. The molecule has 1 unspecified atom stereocenters. The van der Waals surface area contributed by atoms with Gasteiger partial charge in [0.05, 0.1) is 11.0 Å². The third-order valence-corrected chi connectivity index (χ3v) is 5.91. The molecule has 1 heterocycles. The number of hydrogen-bond donors (Lipinski definition) is 1. The molecule has 1 aliphatic rings. The molecule has 5 heteroatoms. The smallest absolute Gasteiger partial charge is 0.155 e. The highest BCUT2D eigenvalue weighted by molar-refractivity contribution is 7.92. The largest absolute Gasteiger partial charge is 0.381 e. The van der Waals surface area contributed by atoms with E-state index >= 15 is 0 Å². The minimum atomic E-state index is -3.09. The Hall–Kier alpha value is -0.910. The Morgan fingerprint density at radius 3 is 2.47 bits per heavy atom. The standard InChI is InChI=1S/C14H21NO3S/c1-15-14(12-5-3-2-4-6-12)11-19(16,17)13-7-9-18-10-8-13/h2-6,13-15H,7-11H2,1H3. The van der Waals surface area contributed by atoms with Gasteiger partial charge >= 0.3 is 0 Å². The summed E-state index contributed by atoms with van der Waals surface area (Å²) in [6, 6.07) is 9.57. The topological polar surface area (TPSA) is 55.4 Å². The maximum absolute atomic E-state index is 12.4. The first-order valence-corrected chi connectivity index (χ1v) is 8.36. The zero-order valence-electron chi connectivity index (χ0n) is 11.2. The normalized spacial score (nSPS) is 19.2. The van der Waals surface area contributed by atoms with Crippen molar-refractivity contribution in [2.45, 2.75) is 24.1 Å². The van der Waals surface area contributed by atoms with Crippen LogP contribution in [-0.4, -0.2) is 39.7 Å². The number of nitrogens with one attached hydrogen (secondary N) is 1. The van der Waals surface area contributed by atoms with Crippen LogP contribution < -0.4 is 5.32 Å². The molecule has 106 valence electrons. The van der Waals surface area contributed by atoms with Crippen molar-refractivity contribution < 1.29 is 13.2 Å². The first kappa shape index (κ1) is 14.5. The Labute approximate surface area is 115 Å². The van der Waals surface area contributed by atoms with Gasteiger partial charge in [-0.2, -0.15) is 0 Å². The first-order chi connectivity index (χ1) is 9.13. The van der Waals surface area contributed by atoms with Crippen molar-refractivity contribution in [3.63, 3.8) is 0 Å². The van der Waals surface area contributed by atoms with E-state index in [4.69, 9.17) is 4.74 Å². The van der Waals surface area contributed by atoms with E-state index in [0.29, 0.717) is 26.1 Å². The van der Waals surface area contributed by atoms with Gasteiger partial charge in [-0.25, -0.2) is 8.42 Å². The second-order valence-electron chi connectivity index (χ2n) is 4.89. The molecule has 1 atom stereocenters. The predicted molar refractivity (Wildman–Crippen MR) is 75.9 cm³/mol. The summed E-state index contributed by atoms with van der Waals surface area (Å²) in [6.45, 7) is 1.11. The van der Waals surface area contributed by atoms with Gasteiger partial charge in [0, 0.05) is 19.3 Å². The molecule has 1 aliphatic heterocycles. The maximum Gasteiger partial charge on any atom is 0.155 e. The molecule has 2 rings (SSSR count). The van der Waals surface area contributed by atoms with Crippen LogP contribution in [0.4, 0.5) is 0 Å². The monoisotopic (exact) mass is 283 g/mol. The summed E-state index contributed by atoms with van der Waals surface area (Å²) in [5.74, 6) is 0.151. The molecular formula is C14H21NO3S. The van der Waals surface area contributed by atoms with Crippen molar-refractivity contribution in [2.75, 3.05) is 26.0 Å². The number of ether oxygens (including phenoxy) is 1. The third kappa shape index (κ3) is 3.78. The molecule has 1 aromatic carbocycles. The summed E-state index contributed by atoms with van der Waals surface area (Å²) in [6.07, 6.45) is 1.24. The lowest BCUT2D eigenvalue weighted by molar-refractivity contribution is 0.0983. The Morgan fingerprint density at radius 1 is 1.26 bits per heavy atom. The minimum Gasteiger partial charge on any atom is -0.381 e. The van der Waals surface area contributed by atoms with Crippen LogP contribution in [0.1, 0.15) is 24.4 Å². The second kappa shape index (κ2) is 6.50. The van der Waals surface area contributed by atoms with Gasteiger partial charge in [-0.1, -0.05) is 30.3 Å². The van der Waals surface area contributed by atoms with Crippen LogP contribution in [0.3, 0.4) is 0 Å². The predicted octanol–water partition coefficient (Wildman–Crippen LogP) is 1.54. The molecule has 19 heavy (non-hydrogen) atoms. The zero-order valence-corrected chi connectivity index (χ0v) is 12.0. The van der Waals surface area contributed by atoms with Crippen LogP contribution in [0.5, 0.6) is 0 Å². The van der Waals surface area contributed by atoms with Gasteiger partial charge in [-0.15, -0.1) is 0 Å². The summed E-state index contributed by atoms with van der Waals surface area (Å²) in [4.78, 5) is 0. The third-order valence-electron chi connectivity index (χ3n) is 3.63. The molecule has 0 radical (unpaired) electrons. The fourth-order valence-corrected chi connectivity index (χ4v) is 4.44. The van der Waals surface area contributed by atoms with Crippen molar-refractivity contribution >= 4 is 9.84 Å². The van der Waals surface area contributed by atoms with Crippen molar-refractivity contribution in [3.05, 3.63) is 35.9 Å². The van der Waals surface area contributed by atoms with Gasteiger partial charge in [0.15, 0.2) is 9.84 Å². The van der Waals surface area contributed by atoms with Gasteiger partial charge in [0.1, 0.15) is 0 Å². The Morgan fingerprint density at radius 2 is 1.89 bits per heavy atom. The number of benzene rings is 1. The van der Waals surface area contributed by atoms with Crippen LogP contribution >= 0.6 is 0 Å². The van der Waals surface area contributed by atoms with Gasteiger partial charge in [0.2, 0.25) is 0 Å². The van der Waals surface area contributed by atoms with Crippen molar-refractivity contribution in [1.29, 1.82) is 0 Å². The van der Waals surface area contributed by atoms with Gasteiger partial charge in [-0.3, -0.25) is 0 Å². The lowest BCUT2D eigenvalue weighted by Gasteiger charge is -2.25. The Kier molecular flexibility index (Phi) is 4.96. The molecule has 1 saturated heterocycles. The molecule has 1 aromatic rings. The van der Waals surface area contributed by atoms with E-state index in [9.17, 15) is 8.42 Å². The van der Waals surface area contributed by atoms with Crippen molar-refractivity contribution in [2.24, 2.45) is 0 Å². The molecular weight excluding hydrogens is 262 g/mol. The highest BCUT2D eigenvalue weighted by atomic mass is 32.2. The summed E-state index contributed by atoms with van der Waals surface area (Å²) < 4.78 is 30.1. The van der Waals surface area contributed by atoms with Crippen LogP contribution in [0.2, 0.25) is 0 Å². The summed E-state index contributed by atoms with van der Waals surface area (Å²) >= 11 is 0. The van der Waals surface area contributed by atoms with Crippen molar-refractivity contribution in [1.82, 2.24) is 5.32 Å². The number of sulfone groups is 1. The van der Waals surface area contributed by atoms with Crippen LogP contribution in [0.15, 0.2) is 30.3 Å². The van der Waals surface area contributed by atoms with E-state index in [-0.39, 0.29) is 17.0 Å². The maximum atomic E-state index is 12.4. The van der Waals surface area contributed by atoms with E-state index in [0.717, 1.165) is 5.56 Å². The fourth-order valence-electron chi connectivity index (χ4n) is 2.44. The average molecular weight is 283 g/mol. The van der Waals surface area contributed by atoms with E-state index in [1.807, 2.05) is 30.3 Å². The SMILES string of the molecule is CNC(CS(=O)(=O)C1CCOCC1)c1ccccc1. The summed E-state index contributed by atoms with van der Waals surface area (Å²) in [5.41, 5.74) is 1.01. The molecule has 0 amide bonds. The molecule has 1 N–H and O–H groups in total. The quantitative estimate of drug-likeness (QED) is 0.890. The lowest BCUT2D eigenvalue weighted by atomic mass is 10.1. The minimum absolute atomic E-state index is 0.144. The van der Waals surface area contributed by atoms with Gasteiger partial charge in [0.25, 0.3) is 0 Å². The van der Waals surface area contributed by atoms with Gasteiger partial charge in [-0.05, 0) is 25.5 Å². The van der Waals surface area contributed by atoms with Crippen molar-refractivity contribution in [3.8, 4) is 0 Å². The van der Waals surface area contributed by atoms with Crippen LogP contribution in [0, 0.1) is 0 Å². The van der Waals surface area contributed by atoms with E-state index in [1.54, 1.807) is 7.05 Å². The Bertz CT molecular complexity index is 481. The van der Waals surface area contributed by atoms with Crippen LogP contribution in [-0.2, 0) is 14.6 Å². The molecule has 0 spiro atoms.